The number of aromatic nitrogens is 2. The summed E-state index contributed by atoms with van der Waals surface area (Å²) in [6, 6.07) is 1.06. The van der Waals surface area contributed by atoms with Gasteiger partial charge in [0.1, 0.15) is 12.3 Å². The number of hydrogen-bond donors (Lipinski definition) is 1. The lowest BCUT2D eigenvalue weighted by Gasteiger charge is -2.23. The summed E-state index contributed by atoms with van der Waals surface area (Å²) in [7, 11) is 0. The first-order valence-electron chi connectivity index (χ1n) is 7.05. The average molecular weight is 249 g/mol. The predicted molar refractivity (Wildman–Crippen MR) is 67.4 cm³/mol. The molecule has 0 bridgehead atoms. The first kappa shape index (κ1) is 11.7. The molecule has 0 amide bonds. The van der Waals surface area contributed by atoms with Crippen molar-refractivity contribution in [2.75, 3.05) is 0 Å². The maximum atomic E-state index is 5.25. The second kappa shape index (κ2) is 5.08. The van der Waals surface area contributed by atoms with E-state index in [9.17, 15) is 0 Å². The molecule has 2 heterocycles. The zero-order valence-electron chi connectivity index (χ0n) is 10.9. The number of nitrogens with one attached hydrogen (secondary N) is 2. The molecule has 2 aliphatic rings. The third kappa shape index (κ3) is 2.40. The van der Waals surface area contributed by atoms with Gasteiger partial charge in [0.05, 0.1) is 6.04 Å². The highest BCUT2D eigenvalue weighted by atomic mass is 16.5. The Hall–Kier alpha value is -1.39. The van der Waals surface area contributed by atoms with Gasteiger partial charge in [-0.1, -0.05) is 19.8 Å². The van der Waals surface area contributed by atoms with Gasteiger partial charge in [-0.2, -0.15) is 0 Å². The maximum Gasteiger partial charge on any atom is 0.354 e. The van der Waals surface area contributed by atoms with Crippen LogP contribution in [0.4, 0.5) is 0 Å². The lowest BCUT2D eigenvalue weighted by atomic mass is 9.92. The van der Waals surface area contributed by atoms with Gasteiger partial charge in [-0.05, 0) is 19.3 Å². The minimum absolute atomic E-state index is 0.496. The summed E-state index contributed by atoms with van der Waals surface area (Å²) >= 11 is 0. The molecule has 2 atom stereocenters. The Morgan fingerprint density at radius 1 is 1.39 bits per heavy atom. The van der Waals surface area contributed by atoms with Crippen LogP contribution in [0.15, 0.2) is 9.52 Å². The standard InChI is InChI=1S/C13H20N4O/c1-2-5-13-16-12(17-18-13)8-11-14-9-6-3-4-7-10(9)15-11/h9-10H,2-8H2,1H3,(H,14,15)/p+1. The molecule has 3 rings (SSSR count). The van der Waals surface area contributed by atoms with Gasteiger partial charge in [-0.3, -0.25) is 4.99 Å². The van der Waals surface area contributed by atoms with E-state index in [0.29, 0.717) is 12.1 Å². The molecule has 0 radical (unpaired) electrons. The molecule has 2 unspecified atom stereocenters. The number of amidine groups is 1. The van der Waals surface area contributed by atoms with Crippen molar-refractivity contribution in [2.45, 2.75) is 64.0 Å². The van der Waals surface area contributed by atoms with Crippen molar-refractivity contribution in [1.82, 2.24) is 10.5 Å². The second-order valence-corrected chi connectivity index (χ2v) is 5.28. The number of nitrogens with zero attached hydrogens (tertiary/aromatic N) is 2. The highest BCUT2D eigenvalue weighted by Crippen LogP contribution is 2.24. The minimum Gasteiger partial charge on any atom is -0.368 e. The van der Waals surface area contributed by atoms with Gasteiger partial charge >= 0.3 is 11.7 Å². The van der Waals surface area contributed by atoms with E-state index in [0.717, 1.165) is 36.8 Å². The molecule has 0 aromatic carbocycles. The third-order valence-corrected chi connectivity index (χ3v) is 3.76. The smallest absolute Gasteiger partial charge is 0.354 e. The van der Waals surface area contributed by atoms with Crippen molar-refractivity contribution < 1.29 is 9.51 Å². The fourth-order valence-electron chi connectivity index (χ4n) is 2.87. The summed E-state index contributed by atoms with van der Waals surface area (Å²) < 4.78 is 5.25. The van der Waals surface area contributed by atoms with Crippen LogP contribution >= 0.6 is 0 Å². The highest BCUT2D eigenvalue weighted by molar-refractivity contribution is 5.85. The summed E-state index contributed by atoms with van der Waals surface area (Å²) in [6.07, 6.45) is 7.84. The van der Waals surface area contributed by atoms with Crippen molar-refractivity contribution in [1.29, 1.82) is 0 Å². The number of rotatable bonds is 4. The van der Waals surface area contributed by atoms with Crippen molar-refractivity contribution in [2.24, 2.45) is 4.99 Å². The SMILES string of the molecule is CCCc1[nH+]c(CC2=NC3CCCCC3N2)no1. The molecule has 98 valence electrons. The van der Waals surface area contributed by atoms with Crippen LogP contribution in [0, 0.1) is 0 Å². The van der Waals surface area contributed by atoms with Gasteiger partial charge in [-0.15, -0.1) is 0 Å². The molecular weight excluding hydrogens is 228 g/mol. The van der Waals surface area contributed by atoms with E-state index in [1.807, 2.05) is 0 Å². The van der Waals surface area contributed by atoms with Gasteiger partial charge in [-0.25, -0.2) is 9.51 Å². The quantitative estimate of drug-likeness (QED) is 0.874. The molecule has 0 spiro atoms. The second-order valence-electron chi connectivity index (χ2n) is 5.28. The van der Waals surface area contributed by atoms with Crippen LogP contribution in [0.1, 0.15) is 50.7 Å². The van der Waals surface area contributed by atoms with Crippen molar-refractivity contribution in [3.8, 4) is 0 Å². The molecule has 1 fully saturated rings. The molecule has 18 heavy (non-hydrogen) atoms. The lowest BCUT2D eigenvalue weighted by molar-refractivity contribution is -0.407. The lowest BCUT2D eigenvalue weighted by Crippen LogP contribution is -2.37. The zero-order chi connectivity index (χ0) is 12.4. The van der Waals surface area contributed by atoms with Crippen LogP contribution < -0.4 is 10.3 Å². The number of H-pyrrole nitrogens is 1. The summed E-state index contributed by atoms with van der Waals surface area (Å²) in [5.74, 6) is 2.81. The first-order chi connectivity index (χ1) is 8.85. The van der Waals surface area contributed by atoms with E-state index in [-0.39, 0.29) is 0 Å². The number of aryl methyl sites for hydroxylation is 1. The van der Waals surface area contributed by atoms with Crippen LogP contribution in [-0.4, -0.2) is 23.1 Å². The Morgan fingerprint density at radius 3 is 3.11 bits per heavy atom. The Morgan fingerprint density at radius 2 is 2.28 bits per heavy atom. The first-order valence-corrected chi connectivity index (χ1v) is 7.05. The van der Waals surface area contributed by atoms with Crippen LogP contribution in [0.2, 0.25) is 0 Å². The molecule has 1 aromatic heterocycles. The maximum absolute atomic E-state index is 5.25. The average Bonchev–Trinajstić information content (AvgIpc) is 2.96. The molecule has 0 saturated heterocycles. The van der Waals surface area contributed by atoms with Crippen LogP contribution in [-0.2, 0) is 12.8 Å². The molecule has 1 aliphatic heterocycles. The predicted octanol–water partition coefficient (Wildman–Crippen LogP) is 1.30. The largest absolute Gasteiger partial charge is 0.368 e. The molecule has 1 saturated carbocycles. The van der Waals surface area contributed by atoms with Gasteiger partial charge in [0.25, 0.3) is 0 Å². The molecule has 5 heteroatoms. The minimum atomic E-state index is 0.496. The fourth-order valence-corrected chi connectivity index (χ4v) is 2.87. The Labute approximate surface area is 107 Å². The van der Waals surface area contributed by atoms with Crippen molar-refractivity contribution in [3.63, 3.8) is 0 Å². The summed E-state index contributed by atoms with van der Waals surface area (Å²) in [4.78, 5) is 7.99. The third-order valence-electron chi connectivity index (χ3n) is 3.76. The van der Waals surface area contributed by atoms with E-state index in [1.54, 1.807) is 0 Å². The highest BCUT2D eigenvalue weighted by Gasteiger charge is 2.32. The van der Waals surface area contributed by atoms with Crippen LogP contribution in [0.25, 0.3) is 0 Å². The summed E-state index contributed by atoms with van der Waals surface area (Å²) in [5, 5.41) is 7.60. The number of aromatic amines is 1. The monoisotopic (exact) mass is 249 g/mol. The van der Waals surface area contributed by atoms with Gasteiger partial charge < -0.3 is 5.32 Å². The Balaban J connectivity index is 1.62. The van der Waals surface area contributed by atoms with Gasteiger partial charge in [0, 0.05) is 12.5 Å². The molecule has 1 aromatic rings. The van der Waals surface area contributed by atoms with Crippen molar-refractivity contribution >= 4 is 5.84 Å². The zero-order valence-corrected chi connectivity index (χ0v) is 10.9. The number of hydrogen-bond acceptors (Lipinski definition) is 4. The van der Waals surface area contributed by atoms with Gasteiger partial charge in [0.15, 0.2) is 5.16 Å². The summed E-state index contributed by atoms with van der Waals surface area (Å²) in [6.45, 7) is 2.13. The van der Waals surface area contributed by atoms with E-state index in [1.165, 1.54) is 25.7 Å². The molecule has 2 N–H and O–H groups in total. The number of fused-ring (bicyclic) bond motifs is 1. The Kier molecular flexibility index (Phi) is 3.30. The van der Waals surface area contributed by atoms with Gasteiger partial charge in [0.2, 0.25) is 0 Å². The van der Waals surface area contributed by atoms with E-state index in [4.69, 9.17) is 9.52 Å². The van der Waals surface area contributed by atoms with Crippen LogP contribution in [0.3, 0.4) is 0 Å². The van der Waals surface area contributed by atoms with Crippen molar-refractivity contribution in [3.05, 3.63) is 11.7 Å². The fraction of sp³-hybridized carbons (Fsp3) is 0.769. The normalized spacial score (nSPS) is 26.6. The number of aliphatic imine (C=N–C) groups is 1. The summed E-state index contributed by atoms with van der Waals surface area (Å²) in [5.41, 5.74) is 0. The van der Waals surface area contributed by atoms with E-state index >= 15 is 0 Å². The Bertz CT molecular complexity index is 440. The van der Waals surface area contributed by atoms with E-state index < -0.39 is 0 Å². The molecule has 5 nitrogen and oxygen atoms in total. The van der Waals surface area contributed by atoms with E-state index in [2.05, 4.69) is 22.4 Å². The topological polar surface area (TPSA) is 64.6 Å². The van der Waals surface area contributed by atoms with Crippen LogP contribution in [0.5, 0.6) is 0 Å². The molecule has 1 aliphatic carbocycles. The molecular formula is C13H21N4O+.